The Morgan fingerprint density at radius 2 is 2.04 bits per heavy atom. The molecule has 0 saturated carbocycles. The van der Waals surface area contributed by atoms with Crippen LogP contribution < -0.4 is 4.90 Å². The number of amides is 1. The van der Waals surface area contributed by atoms with Crippen molar-refractivity contribution < 1.29 is 9.53 Å². The summed E-state index contributed by atoms with van der Waals surface area (Å²) in [5, 5.41) is 7.18. The van der Waals surface area contributed by atoms with Gasteiger partial charge in [-0.1, -0.05) is 20.8 Å². The summed E-state index contributed by atoms with van der Waals surface area (Å²) in [6, 6.07) is 1.83. The summed E-state index contributed by atoms with van der Waals surface area (Å²) in [6.07, 6.45) is 3.00. The van der Waals surface area contributed by atoms with E-state index in [0.29, 0.717) is 25.4 Å². The van der Waals surface area contributed by atoms with Crippen LogP contribution in [0.4, 0.5) is 5.82 Å². The second-order valence-electron chi connectivity index (χ2n) is 7.69. The lowest BCUT2D eigenvalue weighted by molar-refractivity contribution is -0.0248. The van der Waals surface area contributed by atoms with Gasteiger partial charge < -0.3 is 14.5 Å². The van der Waals surface area contributed by atoms with Crippen molar-refractivity contribution in [3.05, 3.63) is 35.5 Å². The molecule has 3 heterocycles. The Kier molecular flexibility index (Phi) is 4.95. The predicted octanol–water partition coefficient (Wildman–Crippen LogP) is 1.78. The molecule has 0 bridgehead atoms. The maximum absolute atomic E-state index is 12.9. The average molecular weight is 358 g/mol. The minimum atomic E-state index is -0.306. The first-order valence-corrected chi connectivity index (χ1v) is 8.72. The zero-order valence-corrected chi connectivity index (χ0v) is 16.0. The average Bonchev–Trinajstić information content (AvgIpc) is 3.11. The molecule has 1 amide bonds. The van der Waals surface area contributed by atoms with Crippen molar-refractivity contribution in [3.63, 3.8) is 0 Å². The number of aromatic nitrogens is 4. The highest BCUT2D eigenvalue weighted by atomic mass is 16.5. The molecule has 3 rings (SSSR count). The normalized spacial score (nSPS) is 18.0. The summed E-state index contributed by atoms with van der Waals surface area (Å²) in [5.41, 5.74) is 2.03. The number of morpholine rings is 1. The zero-order valence-electron chi connectivity index (χ0n) is 16.0. The Bertz CT molecular complexity index is 780. The van der Waals surface area contributed by atoms with Gasteiger partial charge >= 0.3 is 0 Å². The molecule has 8 nitrogen and oxygen atoms in total. The molecular formula is C18H26N6O2. The minimum absolute atomic E-state index is 0.0840. The lowest BCUT2D eigenvalue weighted by atomic mass is 9.92. The van der Waals surface area contributed by atoms with Crippen LogP contribution in [0.25, 0.3) is 0 Å². The van der Waals surface area contributed by atoms with Gasteiger partial charge in [0.25, 0.3) is 5.91 Å². The topological polar surface area (TPSA) is 87.2 Å². The zero-order chi connectivity index (χ0) is 18.9. The standard InChI is InChI=1S/C18H26N6O2/c1-18(2,3)14-10-12(21-22-14)17(25)24-8-9-26-13(11-24)15-16(23(4)5)20-7-6-19-15/h6-7,10,13H,8-9,11H2,1-5H3,(H,21,22). The fraction of sp³-hybridized carbons (Fsp3) is 0.556. The van der Waals surface area contributed by atoms with E-state index in [0.717, 1.165) is 17.2 Å². The molecule has 2 aromatic heterocycles. The van der Waals surface area contributed by atoms with E-state index in [9.17, 15) is 4.79 Å². The van der Waals surface area contributed by atoms with Gasteiger partial charge in [-0.2, -0.15) is 5.10 Å². The van der Waals surface area contributed by atoms with Crippen LogP contribution in [0, 0.1) is 0 Å². The number of rotatable bonds is 3. The van der Waals surface area contributed by atoms with Crippen LogP contribution >= 0.6 is 0 Å². The summed E-state index contributed by atoms with van der Waals surface area (Å²) in [5.74, 6) is 0.655. The third-order valence-electron chi connectivity index (χ3n) is 4.39. The molecular weight excluding hydrogens is 332 g/mol. The molecule has 0 aliphatic carbocycles. The molecule has 0 aromatic carbocycles. The van der Waals surface area contributed by atoms with Gasteiger partial charge in [0, 0.05) is 44.1 Å². The van der Waals surface area contributed by atoms with Crippen molar-refractivity contribution in [3.8, 4) is 0 Å². The van der Waals surface area contributed by atoms with Crippen LogP contribution in [0.2, 0.25) is 0 Å². The van der Waals surface area contributed by atoms with Crippen molar-refractivity contribution in [2.24, 2.45) is 0 Å². The highest BCUT2D eigenvalue weighted by Crippen LogP contribution is 2.27. The van der Waals surface area contributed by atoms with Gasteiger partial charge in [0.2, 0.25) is 0 Å². The molecule has 1 saturated heterocycles. The maximum atomic E-state index is 12.9. The first-order valence-electron chi connectivity index (χ1n) is 8.72. The highest BCUT2D eigenvalue weighted by Gasteiger charge is 2.31. The number of ether oxygens (including phenoxy) is 1. The van der Waals surface area contributed by atoms with E-state index in [1.165, 1.54) is 0 Å². The van der Waals surface area contributed by atoms with Crippen molar-refractivity contribution in [2.45, 2.75) is 32.3 Å². The van der Waals surface area contributed by atoms with Crippen molar-refractivity contribution >= 4 is 11.7 Å². The van der Waals surface area contributed by atoms with Crippen molar-refractivity contribution in [1.82, 2.24) is 25.1 Å². The number of nitrogens with one attached hydrogen (secondary N) is 1. The van der Waals surface area contributed by atoms with E-state index in [1.807, 2.05) is 25.1 Å². The first kappa shape index (κ1) is 18.3. The van der Waals surface area contributed by atoms with E-state index in [4.69, 9.17) is 4.74 Å². The van der Waals surface area contributed by atoms with E-state index < -0.39 is 0 Å². The number of hydrogen-bond acceptors (Lipinski definition) is 6. The molecule has 26 heavy (non-hydrogen) atoms. The van der Waals surface area contributed by atoms with E-state index in [1.54, 1.807) is 17.3 Å². The van der Waals surface area contributed by atoms with Crippen LogP contribution in [0.1, 0.15) is 48.8 Å². The van der Waals surface area contributed by atoms with Gasteiger partial charge in [0.1, 0.15) is 17.5 Å². The van der Waals surface area contributed by atoms with Crippen LogP contribution in [0.5, 0.6) is 0 Å². The third kappa shape index (κ3) is 3.70. The van der Waals surface area contributed by atoms with E-state index in [-0.39, 0.29) is 17.4 Å². The van der Waals surface area contributed by atoms with Gasteiger partial charge in [-0.15, -0.1) is 0 Å². The number of nitrogens with zero attached hydrogens (tertiary/aromatic N) is 5. The monoisotopic (exact) mass is 358 g/mol. The quantitative estimate of drug-likeness (QED) is 0.900. The summed E-state index contributed by atoms with van der Waals surface area (Å²) in [6.45, 7) is 7.65. The smallest absolute Gasteiger partial charge is 0.274 e. The molecule has 0 spiro atoms. The van der Waals surface area contributed by atoms with Crippen LogP contribution in [0.15, 0.2) is 18.5 Å². The summed E-state index contributed by atoms with van der Waals surface area (Å²) < 4.78 is 5.88. The minimum Gasteiger partial charge on any atom is -0.368 e. The molecule has 8 heteroatoms. The van der Waals surface area contributed by atoms with Gasteiger partial charge in [0.15, 0.2) is 5.82 Å². The molecule has 2 aromatic rings. The molecule has 1 fully saturated rings. The van der Waals surface area contributed by atoms with Gasteiger partial charge in [0.05, 0.1) is 13.2 Å². The molecule has 0 radical (unpaired) electrons. The predicted molar refractivity (Wildman–Crippen MR) is 98.2 cm³/mol. The Hall–Kier alpha value is -2.48. The van der Waals surface area contributed by atoms with Crippen molar-refractivity contribution in [1.29, 1.82) is 0 Å². The van der Waals surface area contributed by atoms with Gasteiger partial charge in [-0.05, 0) is 6.07 Å². The number of H-pyrrole nitrogens is 1. The lowest BCUT2D eigenvalue weighted by Gasteiger charge is -2.33. The van der Waals surface area contributed by atoms with Crippen LogP contribution in [-0.4, -0.2) is 64.8 Å². The first-order chi connectivity index (χ1) is 12.3. The molecule has 1 unspecified atom stereocenters. The second kappa shape index (κ2) is 7.03. The molecule has 1 atom stereocenters. The summed E-state index contributed by atoms with van der Waals surface area (Å²) >= 11 is 0. The highest BCUT2D eigenvalue weighted by molar-refractivity contribution is 5.92. The number of carbonyl (C=O) groups is 1. The second-order valence-corrected chi connectivity index (χ2v) is 7.69. The Labute approximate surface area is 153 Å². The molecule has 1 N–H and O–H groups in total. The van der Waals surface area contributed by atoms with Crippen LogP contribution in [0.3, 0.4) is 0 Å². The Balaban J connectivity index is 1.79. The van der Waals surface area contributed by atoms with Gasteiger partial charge in [-0.25, -0.2) is 4.98 Å². The fourth-order valence-corrected chi connectivity index (χ4v) is 2.89. The lowest BCUT2D eigenvalue weighted by Crippen LogP contribution is -2.43. The molecule has 140 valence electrons. The Morgan fingerprint density at radius 1 is 1.31 bits per heavy atom. The van der Waals surface area contributed by atoms with Gasteiger partial charge in [-0.3, -0.25) is 14.9 Å². The summed E-state index contributed by atoms with van der Waals surface area (Å²) in [4.78, 5) is 25.4. The SMILES string of the molecule is CN(C)c1nccnc1C1CN(C(=O)c2cc(C(C)(C)C)[nH]n2)CCO1. The van der Waals surface area contributed by atoms with E-state index in [2.05, 4.69) is 40.9 Å². The molecule has 1 aliphatic rings. The third-order valence-corrected chi connectivity index (χ3v) is 4.39. The Morgan fingerprint density at radius 3 is 2.69 bits per heavy atom. The summed E-state index contributed by atoms with van der Waals surface area (Å²) in [7, 11) is 3.83. The number of carbonyl (C=O) groups excluding carboxylic acids is 1. The van der Waals surface area contributed by atoms with Crippen molar-refractivity contribution in [2.75, 3.05) is 38.7 Å². The maximum Gasteiger partial charge on any atom is 0.274 e. The largest absolute Gasteiger partial charge is 0.368 e. The van der Waals surface area contributed by atoms with Crippen LogP contribution in [-0.2, 0) is 10.2 Å². The molecule has 1 aliphatic heterocycles. The number of anilines is 1. The number of aromatic amines is 1. The van der Waals surface area contributed by atoms with E-state index >= 15 is 0 Å². The fourth-order valence-electron chi connectivity index (χ4n) is 2.89. The number of hydrogen-bond donors (Lipinski definition) is 1.